The van der Waals surface area contributed by atoms with Crippen LogP contribution in [-0.2, 0) is 10.5 Å². The predicted molar refractivity (Wildman–Crippen MR) is 73.2 cm³/mol. The van der Waals surface area contributed by atoms with Crippen LogP contribution in [0.25, 0.3) is 0 Å². The molecule has 1 heterocycles. The van der Waals surface area contributed by atoms with Crippen LogP contribution in [-0.4, -0.2) is 29.7 Å². The first-order valence-electron chi connectivity index (χ1n) is 5.61. The quantitative estimate of drug-likeness (QED) is 0.813. The Kier molecular flexibility index (Phi) is 5.83. The van der Waals surface area contributed by atoms with E-state index in [1.807, 2.05) is 39.2 Å². The average molecular weight is 253 g/mol. The third-order valence-electron chi connectivity index (χ3n) is 2.03. The number of hydrogen-bond donors (Lipinski definition) is 2. The van der Waals surface area contributed by atoms with Crippen molar-refractivity contribution in [1.29, 1.82) is 0 Å². The van der Waals surface area contributed by atoms with Crippen molar-refractivity contribution in [3.63, 3.8) is 0 Å². The van der Waals surface area contributed by atoms with E-state index in [1.165, 1.54) is 0 Å². The Morgan fingerprint density at radius 3 is 2.76 bits per heavy atom. The fourth-order valence-corrected chi connectivity index (χ4v) is 2.06. The predicted octanol–water partition coefficient (Wildman–Crippen LogP) is 1.88. The van der Waals surface area contributed by atoms with Crippen LogP contribution in [0.4, 0.5) is 5.82 Å². The number of hydrogen-bond acceptors (Lipinski definition) is 4. The van der Waals surface area contributed by atoms with Gasteiger partial charge in [-0.15, -0.1) is 11.8 Å². The molecule has 2 N–H and O–H groups in total. The van der Waals surface area contributed by atoms with Gasteiger partial charge >= 0.3 is 0 Å². The van der Waals surface area contributed by atoms with Crippen LogP contribution in [0.2, 0.25) is 0 Å². The minimum Gasteiger partial charge on any atom is -0.373 e. The summed E-state index contributed by atoms with van der Waals surface area (Å²) in [6.45, 7) is 3.92. The lowest BCUT2D eigenvalue weighted by atomic mass is 10.3. The van der Waals surface area contributed by atoms with Gasteiger partial charge in [-0.1, -0.05) is 6.07 Å². The molecule has 0 atom stereocenters. The number of pyridine rings is 1. The summed E-state index contributed by atoms with van der Waals surface area (Å²) in [6, 6.07) is 4.16. The summed E-state index contributed by atoms with van der Waals surface area (Å²) in [4.78, 5) is 15.6. The topological polar surface area (TPSA) is 54.0 Å². The van der Waals surface area contributed by atoms with Gasteiger partial charge in [0.25, 0.3) is 0 Å². The summed E-state index contributed by atoms with van der Waals surface area (Å²) in [5, 5.41) is 5.83. The number of nitrogens with zero attached hydrogens (tertiary/aromatic N) is 1. The van der Waals surface area contributed by atoms with Crippen LogP contribution in [0.5, 0.6) is 0 Å². The molecule has 1 rings (SSSR count). The van der Waals surface area contributed by atoms with Gasteiger partial charge in [0.15, 0.2) is 0 Å². The molecule has 0 bridgehead atoms. The third-order valence-corrected chi connectivity index (χ3v) is 3.04. The van der Waals surface area contributed by atoms with Crippen molar-refractivity contribution < 1.29 is 4.79 Å². The van der Waals surface area contributed by atoms with Crippen LogP contribution < -0.4 is 10.6 Å². The number of rotatable bonds is 6. The van der Waals surface area contributed by atoms with E-state index in [1.54, 1.807) is 11.8 Å². The molecule has 17 heavy (non-hydrogen) atoms. The minimum absolute atomic E-state index is 0.0878. The van der Waals surface area contributed by atoms with Crippen LogP contribution in [0.1, 0.15) is 19.4 Å². The van der Waals surface area contributed by atoms with E-state index in [-0.39, 0.29) is 11.9 Å². The Morgan fingerprint density at radius 2 is 2.24 bits per heavy atom. The Hall–Kier alpha value is -1.23. The van der Waals surface area contributed by atoms with E-state index in [9.17, 15) is 4.79 Å². The molecular weight excluding hydrogens is 234 g/mol. The van der Waals surface area contributed by atoms with Gasteiger partial charge in [-0.05, 0) is 25.5 Å². The zero-order valence-corrected chi connectivity index (χ0v) is 11.3. The highest BCUT2D eigenvalue weighted by atomic mass is 32.2. The van der Waals surface area contributed by atoms with Gasteiger partial charge in [0.05, 0.1) is 5.75 Å². The molecule has 0 aliphatic carbocycles. The van der Waals surface area contributed by atoms with E-state index < -0.39 is 0 Å². The zero-order chi connectivity index (χ0) is 12.7. The molecule has 4 nitrogen and oxygen atoms in total. The highest BCUT2D eigenvalue weighted by Crippen LogP contribution is 2.12. The maximum atomic E-state index is 11.4. The molecule has 0 aliphatic rings. The second-order valence-electron chi connectivity index (χ2n) is 4.02. The Bertz CT molecular complexity index is 351. The van der Waals surface area contributed by atoms with Crippen molar-refractivity contribution in [2.75, 3.05) is 18.1 Å². The van der Waals surface area contributed by atoms with E-state index in [0.29, 0.717) is 5.75 Å². The Balaban J connectivity index is 2.28. The van der Waals surface area contributed by atoms with Gasteiger partial charge in [-0.3, -0.25) is 4.79 Å². The van der Waals surface area contributed by atoms with E-state index in [2.05, 4.69) is 15.6 Å². The largest absolute Gasteiger partial charge is 0.373 e. The van der Waals surface area contributed by atoms with Gasteiger partial charge in [-0.25, -0.2) is 4.98 Å². The standard InChI is InChI=1S/C12H19N3OS/c1-9(2)15-12(16)8-17-7-10-4-5-11(13-3)14-6-10/h4-6,9H,7-8H2,1-3H3,(H,13,14)(H,15,16). The zero-order valence-electron chi connectivity index (χ0n) is 10.5. The Labute approximate surface area is 107 Å². The summed E-state index contributed by atoms with van der Waals surface area (Å²) in [5.74, 6) is 2.25. The molecule has 0 unspecified atom stereocenters. The summed E-state index contributed by atoms with van der Waals surface area (Å²) in [6.07, 6.45) is 1.83. The van der Waals surface area contributed by atoms with Crippen LogP contribution in [0, 0.1) is 0 Å². The molecule has 94 valence electrons. The number of thioether (sulfide) groups is 1. The molecule has 0 fully saturated rings. The second-order valence-corrected chi connectivity index (χ2v) is 5.00. The molecule has 5 heteroatoms. The number of aromatic nitrogens is 1. The minimum atomic E-state index is 0.0878. The molecule has 0 aliphatic heterocycles. The van der Waals surface area contributed by atoms with E-state index >= 15 is 0 Å². The lowest BCUT2D eigenvalue weighted by Crippen LogP contribution is -2.31. The smallest absolute Gasteiger partial charge is 0.230 e. The number of nitrogens with one attached hydrogen (secondary N) is 2. The lowest BCUT2D eigenvalue weighted by molar-refractivity contribution is -0.119. The summed E-state index contributed by atoms with van der Waals surface area (Å²) in [5.41, 5.74) is 1.13. The average Bonchev–Trinajstić information content (AvgIpc) is 2.29. The maximum Gasteiger partial charge on any atom is 0.230 e. The number of anilines is 1. The molecule has 0 saturated carbocycles. The van der Waals surface area contributed by atoms with Crippen molar-refractivity contribution in [2.24, 2.45) is 0 Å². The monoisotopic (exact) mass is 253 g/mol. The molecule has 1 aromatic heterocycles. The number of carbonyl (C=O) groups is 1. The second kappa shape index (κ2) is 7.17. The van der Waals surface area contributed by atoms with E-state index in [4.69, 9.17) is 0 Å². The van der Waals surface area contributed by atoms with Gasteiger partial charge < -0.3 is 10.6 Å². The van der Waals surface area contributed by atoms with Crippen molar-refractivity contribution >= 4 is 23.5 Å². The molecule has 0 aromatic carbocycles. The first-order chi connectivity index (χ1) is 8.11. The van der Waals surface area contributed by atoms with Gasteiger partial charge in [-0.2, -0.15) is 0 Å². The summed E-state index contributed by atoms with van der Waals surface area (Å²) in [7, 11) is 1.84. The summed E-state index contributed by atoms with van der Waals surface area (Å²) < 4.78 is 0. The molecule has 1 aromatic rings. The summed E-state index contributed by atoms with van der Waals surface area (Å²) >= 11 is 1.60. The first kappa shape index (κ1) is 13.8. The Morgan fingerprint density at radius 1 is 1.47 bits per heavy atom. The molecular formula is C12H19N3OS. The highest BCUT2D eigenvalue weighted by Gasteiger charge is 2.03. The van der Waals surface area contributed by atoms with Crippen molar-refractivity contribution in [2.45, 2.75) is 25.6 Å². The van der Waals surface area contributed by atoms with Gasteiger partial charge in [0, 0.05) is 25.0 Å². The highest BCUT2D eigenvalue weighted by molar-refractivity contribution is 7.99. The SMILES string of the molecule is CNc1ccc(CSCC(=O)NC(C)C)cn1. The molecule has 0 spiro atoms. The number of amides is 1. The van der Waals surface area contributed by atoms with E-state index in [0.717, 1.165) is 17.1 Å². The normalized spacial score (nSPS) is 10.4. The number of carbonyl (C=O) groups excluding carboxylic acids is 1. The lowest BCUT2D eigenvalue weighted by Gasteiger charge is -2.07. The molecule has 0 saturated heterocycles. The van der Waals surface area contributed by atoms with Gasteiger partial charge in [0.2, 0.25) is 5.91 Å². The molecule has 1 amide bonds. The fraction of sp³-hybridized carbons (Fsp3) is 0.500. The van der Waals surface area contributed by atoms with Gasteiger partial charge in [0.1, 0.15) is 5.82 Å². The van der Waals surface area contributed by atoms with Crippen molar-refractivity contribution in [3.05, 3.63) is 23.9 Å². The maximum absolute atomic E-state index is 11.4. The van der Waals surface area contributed by atoms with Crippen molar-refractivity contribution in [1.82, 2.24) is 10.3 Å². The van der Waals surface area contributed by atoms with Crippen LogP contribution >= 0.6 is 11.8 Å². The third kappa shape index (κ3) is 5.58. The first-order valence-corrected chi connectivity index (χ1v) is 6.77. The van der Waals surface area contributed by atoms with Crippen LogP contribution in [0.3, 0.4) is 0 Å². The van der Waals surface area contributed by atoms with Crippen molar-refractivity contribution in [3.8, 4) is 0 Å². The van der Waals surface area contributed by atoms with Crippen LogP contribution in [0.15, 0.2) is 18.3 Å². The molecule has 0 radical (unpaired) electrons. The fourth-order valence-electron chi connectivity index (χ4n) is 1.28.